The molecule has 2 aliphatic rings. The van der Waals surface area contributed by atoms with Crippen LogP contribution in [0.25, 0.3) is 11.4 Å². The molecule has 2 fully saturated rings. The summed E-state index contributed by atoms with van der Waals surface area (Å²) in [7, 11) is 0. The van der Waals surface area contributed by atoms with E-state index in [0.717, 1.165) is 62.5 Å². The molecule has 2 aliphatic heterocycles. The van der Waals surface area contributed by atoms with Crippen LogP contribution in [0.15, 0.2) is 36.7 Å². The van der Waals surface area contributed by atoms with Gasteiger partial charge in [-0.15, -0.1) is 0 Å². The van der Waals surface area contributed by atoms with Crippen LogP contribution in [-0.2, 0) is 16.1 Å². The van der Waals surface area contributed by atoms with E-state index < -0.39 is 0 Å². The highest BCUT2D eigenvalue weighted by atomic mass is 16.5. The number of ether oxygens (including phenoxy) is 1. The van der Waals surface area contributed by atoms with Crippen molar-refractivity contribution in [2.24, 2.45) is 5.92 Å². The molecule has 1 amide bonds. The van der Waals surface area contributed by atoms with Crippen LogP contribution in [0, 0.1) is 12.8 Å². The van der Waals surface area contributed by atoms with Gasteiger partial charge in [0.25, 0.3) is 0 Å². The number of nitrogens with zero attached hydrogens (tertiary/aromatic N) is 4. The standard InChI is InChI=1S/C22H28N4O2/c1-17-4-2-5-19(12-17)21-23-13-18(14-24-21)15-25-7-3-6-20(16-25)22(27)26-8-10-28-11-9-26/h2,4-5,12-14,20H,3,6-11,15-16H2,1H3. The van der Waals surface area contributed by atoms with Gasteiger partial charge in [0, 0.05) is 49.7 Å². The second kappa shape index (κ2) is 8.80. The van der Waals surface area contributed by atoms with Crippen molar-refractivity contribution < 1.29 is 9.53 Å². The molecule has 3 heterocycles. The van der Waals surface area contributed by atoms with Gasteiger partial charge in [0.2, 0.25) is 5.91 Å². The lowest BCUT2D eigenvalue weighted by Crippen LogP contribution is -2.48. The third-order valence-corrected chi connectivity index (χ3v) is 5.57. The van der Waals surface area contributed by atoms with E-state index in [0.29, 0.717) is 19.1 Å². The Labute approximate surface area is 166 Å². The molecule has 148 valence electrons. The van der Waals surface area contributed by atoms with Crippen LogP contribution in [0.5, 0.6) is 0 Å². The summed E-state index contributed by atoms with van der Waals surface area (Å²) in [6.45, 7) is 7.47. The minimum atomic E-state index is 0.0966. The highest BCUT2D eigenvalue weighted by molar-refractivity contribution is 5.79. The Kier molecular flexibility index (Phi) is 5.98. The number of benzene rings is 1. The summed E-state index contributed by atoms with van der Waals surface area (Å²) >= 11 is 0. The van der Waals surface area contributed by atoms with Gasteiger partial charge in [-0.25, -0.2) is 9.97 Å². The Bertz CT molecular complexity index is 802. The van der Waals surface area contributed by atoms with Gasteiger partial charge >= 0.3 is 0 Å². The molecule has 1 unspecified atom stereocenters. The number of likely N-dealkylation sites (tertiary alicyclic amines) is 1. The summed E-state index contributed by atoms with van der Waals surface area (Å²) in [4.78, 5) is 26.2. The molecule has 2 saturated heterocycles. The molecule has 2 aromatic rings. The van der Waals surface area contributed by atoms with Crippen molar-refractivity contribution in [1.82, 2.24) is 19.8 Å². The summed E-state index contributed by atoms with van der Waals surface area (Å²) in [5.74, 6) is 1.14. The first-order valence-corrected chi connectivity index (χ1v) is 10.2. The first-order chi connectivity index (χ1) is 13.7. The molecule has 1 atom stereocenters. The normalized spacial score (nSPS) is 20.9. The molecule has 0 N–H and O–H groups in total. The molecule has 6 heteroatoms. The van der Waals surface area contributed by atoms with Gasteiger partial charge < -0.3 is 9.64 Å². The van der Waals surface area contributed by atoms with E-state index >= 15 is 0 Å². The Morgan fingerprint density at radius 2 is 1.96 bits per heavy atom. The lowest BCUT2D eigenvalue weighted by Gasteiger charge is -2.36. The SMILES string of the molecule is Cc1cccc(-c2ncc(CN3CCCC(C(=O)N4CCOCC4)C3)cn2)c1. The summed E-state index contributed by atoms with van der Waals surface area (Å²) in [6, 6.07) is 8.24. The second-order valence-electron chi connectivity index (χ2n) is 7.80. The number of hydrogen-bond acceptors (Lipinski definition) is 5. The van der Waals surface area contributed by atoms with Crippen LogP contribution in [-0.4, -0.2) is 65.1 Å². The van der Waals surface area contributed by atoms with E-state index in [2.05, 4.69) is 33.9 Å². The van der Waals surface area contributed by atoms with Crippen LogP contribution in [0.4, 0.5) is 0 Å². The van der Waals surface area contributed by atoms with Crippen molar-refractivity contribution in [1.29, 1.82) is 0 Å². The molecule has 0 aliphatic carbocycles. The van der Waals surface area contributed by atoms with Gasteiger partial charge in [0.15, 0.2) is 5.82 Å². The van der Waals surface area contributed by atoms with Crippen LogP contribution in [0.3, 0.4) is 0 Å². The first kappa shape index (κ1) is 19.0. The van der Waals surface area contributed by atoms with Gasteiger partial charge in [-0.2, -0.15) is 0 Å². The molecule has 28 heavy (non-hydrogen) atoms. The molecule has 0 spiro atoms. The third-order valence-electron chi connectivity index (χ3n) is 5.57. The number of carbonyl (C=O) groups excluding carboxylic acids is 1. The molecular weight excluding hydrogens is 352 g/mol. The number of rotatable bonds is 4. The quantitative estimate of drug-likeness (QED) is 0.816. The van der Waals surface area contributed by atoms with Crippen molar-refractivity contribution in [3.05, 3.63) is 47.8 Å². The average Bonchev–Trinajstić information content (AvgIpc) is 2.74. The van der Waals surface area contributed by atoms with Crippen LogP contribution in [0.2, 0.25) is 0 Å². The van der Waals surface area contributed by atoms with Crippen molar-refractivity contribution in [3.63, 3.8) is 0 Å². The maximum atomic E-state index is 12.8. The van der Waals surface area contributed by atoms with Gasteiger partial charge in [-0.3, -0.25) is 9.69 Å². The van der Waals surface area contributed by atoms with Crippen LogP contribution < -0.4 is 0 Å². The minimum Gasteiger partial charge on any atom is -0.378 e. The first-order valence-electron chi connectivity index (χ1n) is 10.2. The number of aromatic nitrogens is 2. The maximum absolute atomic E-state index is 12.8. The lowest BCUT2D eigenvalue weighted by atomic mass is 9.96. The van der Waals surface area contributed by atoms with Gasteiger partial charge in [-0.05, 0) is 32.4 Å². The Morgan fingerprint density at radius 1 is 1.18 bits per heavy atom. The number of piperidine rings is 1. The van der Waals surface area contributed by atoms with Crippen LogP contribution >= 0.6 is 0 Å². The van der Waals surface area contributed by atoms with Gasteiger partial charge in [0.1, 0.15) is 0 Å². The number of aryl methyl sites for hydroxylation is 1. The fraction of sp³-hybridized carbons (Fsp3) is 0.500. The summed E-state index contributed by atoms with van der Waals surface area (Å²) in [5, 5.41) is 0. The molecule has 0 radical (unpaired) electrons. The monoisotopic (exact) mass is 380 g/mol. The summed E-state index contributed by atoms with van der Waals surface area (Å²) in [6.07, 6.45) is 5.87. The number of morpholine rings is 1. The Hall–Kier alpha value is -2.31. The van der Waals surface area contributed by atoms with E-state index in [4.69, 9.17) is 4.74 Å². The summed E-state index contributed by atoms with van der Waals surface area (Å²) < 4.78 is 5.37. The van der Waals surface area contributed by atoms with Crippen molar-refractivity contribution in [3.8, 4) is 11.4 Å². The van der Waals surface area contributed by atoms with Crippen molar-refractivity contribution in [2.75, 3.05) is 39.4 Å². The zero-order valence-electron chi connectivity index (χ0n) is 16.5. The molecule has 6 nitrogen and oxygen atoms in total. The van der Waals surface area contributed by atoms with Crippen LogP contribution in [0.1, 0.15) is 24.0 Å². The minimum absolute atomic E-state index is 0.0966. The average molecular weight is 380 g/mol. The molecular formula is C22H28N4O2. The third kappa shape index (κ3) is 4.56. The largest absolute Gasteiger partial charge is 0.378 e. The zero-order valence-corrected chi connectivity index (χ0v) is 16.5. The highest BCUT2D eigenvalue weighted by Crippen LogP contribution is 2.22. The van der Waals surface area contributed by atoms with E-state index in [1.54, 1.807) is 0 Å². The predicted octanol–water partition coefficient (Wildman–Crippen LogP) is 2.52. The Morgan fingerprint density at radius 3 is 2.71 bits per heavy atom. The van der Waals surface area contributed by atoms with E-state index in [-0.39, 0.29) is 5.92 Å². The number of carbonyl (C=O) groups is 1. The van der Waals surface area contributed by atoms with Crippen molar-refractivity contribution >= 4 is 5.91 Å². The van der Waals surface area contributed by atoms with E-state index in [1.807, 2.05) is 29.4 Å². The van der Waals surface area contributed by atoms with Crippen molar-refractivity contribution in [2.45, 2.75) is 26.3 Å². The maximum Gasteiger partial charge on any atom is 0.227 e. The summed E-state index contributed by atoms with van der Waals surface area (Å²) in [5.41, 5.74) is 3.34. The fourth-order valence-electron chi connectivity index (χ4n) is 4.07. The molecule has 4 rings (SSSR count). The molecule has 1 aromatic carbocycles. The number of amides is 1. The lowest BCUT2D eigenvalue weighted by molar-refractivity contribution is -0.141. The number of hydrogen-bond donors (Lipinski definition) is 0. The van der Waals surface area contributed by atoms with E-state index in [1.165, 1.54) is 5.56 Å². The fourth-order valence-corrected chi connectivity index (χ4v) is 4.07. The van der Waals surface area contributed by atoms with E-state index in [9.17, 15) is 4.79 Å². The van der Waals surface area contributed by atoms with Gasteiger partial charge in [0.05, 0.1) is 19.1 Å². The predicted molar refractivity (Wildman–Crippen MR) is 108 cm³/mol. The topological polar surface area (TPSA) is 58.6 Å². The second-order valence-corrected chi connectivity index (χ2v) is 7.80. The Balaban J connectivity index is 1.36. The molecule has 0 saturated carbocycles. The smallest absolute Gasteiger partial charge is 0.227 e. The highest BCUT2D eigenvalue weighted by Gasteiger charge is 2.30. The van der Waals surface area contributed by atoms with Gasteiger partial charge in [-0.1, -0.05) is 23.8 Å². The molecule has 1 aromatic heterocycles. The zero-order chi connectivity index (χ0) is 19.3. The molecule has 0 bridgehead atoms.